The second-order valence-corrected chi connectivity index (χ2v) is 12.8. The van der Waals surface area contributed by atoms with Crippen LogP contribution in [0.25, 0.3) is 0 Å². The minimum absolute atomic E-state index is 0.195. The van der Waals surface area contributed by atoms with Gasteiger partial charge in [0.15, 0.2) is 23.0 Å². The van der Waals surface area contributed by atoms with E-state index >= 15 is 0 Å². The maximum absolute atomic E-state index is 13.6. The van der Waals surface area contributed by atoms with E-state index in [4.69, 9.17) is 18.9 Å². The van der Waals surface area contributed by atoms with Gasteiger partial charge in [-0.25, -0.2) is 0 Å². The number of aliphatic imine (C=N–C) groups is 1. The summed E-state index contributed by atoms with van der Waals surface area (Å²) in [4.78, 5) is 60.3. The van der Waals surface area contributed by atoms with Crippen molar-refractivity contribution in [2.45, 2.75) is 44.4 Å². The van der Waals surface area contributed by atoms with Crippen molar-refractivity contribution >= 4 is 41.2 Å². The van der Waals surface area contributed by atoms with E-state index in [1.54, 1.807) is 46.4 Å². The first-order chi connectivity index (χ1) is 24.8. The monoisotopic (exact) mass is 693 g/mol. The second kappa shape index (κ2) is 14.6. The Labute approximate surface area is 295 Å². The summed E-state index contributed by atoms with van der Waals surface area (Å²) in [6, 6.07) is 15.6. The molecule has 4 amide bonds. The quantitative estimate of drug-likeness (QED) is 0.224. The molecule has 0 spiro atoms. The molecule has 51 heavy (non-hydrogen) atoms. The lowest BCUT2D eigenvalue weighted by atomic mass is 10.1. The predicted octanol–water partition coefficient (Wildman–Crippen LogP) is 4.28. The standard InChI is InChI=1S/C38H39N5O8/c1-48-31-17-27-29(41-36(45)30-10-6-12-42(30)37(27)46)19-33(31)50-13-7-11-39-35(44)15-24-14-25-20-40-28-18-34(51-22-23-8-4-3-5-9-23)32(49-2)16-26(28)38(47)43(25)21-24/h3-5,8-9,15-20,25,30H,6-7,10-14,21-22H2,1-2H3,(H,39,44)(H,41,45)/b24-15+/t25-,30-/m0/s1. The van der Waals surface area contributed by atoms with Crippen LogP contribution in [0.2, 0.25) is 0 Å². The molecule has 264 valence electrons. The average Bonchev–Trinajstić information content (AvgIpc) is 3.76. The number of benzene rings is 3. The summed E-state index contributed by atoms with van der Waals surface area (Å²) in [5, 5.41) is 5.75. The molecule has 3 aromatic carbocycles. The van der Waals surface area contributed by atoms with Gasteiger partial charge in [-0.15, -0.1) is 0 Å². The molecule has 3 aromatic rings. The third-order valence-electron chi connectivity index (χ3n) is 9.46. The van der Waals surface area contributed by atoms with Crippen molar-refractivity contribution in [3.05, 3.63) is 82.9 Å². The van der Waals surface area contributed by atoms with Crippen molar-refractivity contribution in [3.8, 4) is 23.0 Å². The molecule has 0 radical (unpaired) electrons. The van der Waals surface area contributed by atoms with E-state index < -0.39 is 6.04 Å². The van der Waals surface area contributed by atoms with Gasteiger partial charge in [0.25, 0.3) is 11.8 Å². The van der Waals surface area contributed by atoms with Crippen molar-refractivity contribution in [2.24, 2.45) is 4.99 Å². The fourth-order valence-corrected chi connectivity index (χ4v) is 6.86. The van der Waals surface area contributed by atoms with E-state index in [1.807, 2.05) is 30.3 Å². The topological polar surface area (TPSA) is 148 Å². The van der Waals surface area contributed by atoms with Gasteiger partial charge in [-0.3, -0.25) is 24.2 Å². The summed E-state index contributed by atoms with van der Waals surface area (Å²) >= 11 is 0. The van der Waals surface area contributed by atoms with Crippen LogP contribution in [0.15, 0.2) is 71.2 Å². The first-order valence-electron chi connectivity index (χ1n) is 17.0. The van der Waals surface area contributed by atoms with E-state index in [0.29, 0.717) is 91.0 Å². The second-order valence-electron chi connectivity index (χ2n) is 12.8. The summed E-state index contributed by atoms with van der Waals surface area (Å²) in [7, 11) is 3.02. The lowest BCUT2D eigenvalue weighted by Crippen LogP contribution is -2.40. The molecule has 2 atom stereocenters. The minimum Gasteiger partial charge on any atom is -0.493 e. The molecule has 0 bridgehead atoms. The van der Waals surface area contributed by atoms with Crippen molar-refractivity contribution in [1.29, 1.82) is 0 Å². The molecule has 13 heteroatoms. The normalized spacial score (nSPS) is 19.7. The lowest BCUT2D eigenvalue weighted by molar-refractivity contribution is -0.119. The summed E-state index contributed by atoms with van der Waals surface area (Å²) in [6.45, 7) is 1.79. The molecule has 0 saturated carbocycles. The Morgan fingerprint density at radius 3 is 2.47 bits per heavy atom. The lowest BCUT2D eigenvalue weighted by Gasteiger charge is -2.20. The van der Waals surface area contributed by atoms with Gasteiger partial charge in [0.2, 0.25) is 11.8 Å². The molecule has 4 aliphatic rings. The van der Waals surface area contributed by atoms with Gasteiger partial charge in [-0.1, -0.05) is 30.3 Å². The van der Waals surface area contributed by atoms with E-state index in [2.05, 4.69) is 15.6 Å². The van der Waals surface area contributed by atoms with Crippen molar-refractivity contribution in [1.82, 2.24) is 15.1 Å². The average molecular weight is 694 g/mol. The van der Waals surface area contributed by atoms with Gasteiger partial charge >= 0.3 is 0 Å². The minimum atomic E-state index is -0.470. The van der Waals surface area contributed by atoms with Crippen LogP contribution in [0, 0.1) is 0 Å². The largest absolute Gasteiger partial charge is 0.493 e. The van der Waals surface area contributed by atoms with Crippen LogP contribution >= 0.6 is 0 Å². The smallest absolute Gasteiger partial charge is 0.257 e. The number of ether oxygens (including phenoxy) is 4. The molecule has 7 rings (SSSR count). The summed E-state index contributed by atoms with van der Waals surface area (Å²) < 4.78 is 23.0. The number of rotatable bonds is 11. The first-order valence-corrected chi connectivity index (χ1v) is 17.0. The number of nitrogens with one attached hydrogen (secondary N) is 2. The highest BCUT2D eigenvalue weighted by Crippen LogP contribution is 2.40. The van der Waals surface area contributed by atoms with Gasteiger partial charge in [0.1, 0.15) is 12.6 Å². The molecule has 0 aromatic heterocycles. The Hall–Kier alpha value is -5.85. The highest BCUT2D eigenvalue weighted by molar-refractivity contribution is 6.10. The molecular weight excluding hydrogens is 654 g/mol. The predicted molar refractivity (Wildman–Crippen MR) is 188 cm³/mol. The van der Waals surface area contributed by atoms with Gasteiger partial charge in [0.05, 0.1) is 49.4 Å². The van der Waals surface area contributed by atoms with Crippen LogP contribution in [0.3, 0.4) is 0 Å². The zero-order chi connectivity index (χ0) is 35.5. The van der Waals surface area contributed by atoms with Crippen molar-refractivity contribution < 1.29 is 38.1 Å². The van der Waals surface area contributed by atoms with E-state index in [9.17, 15) is 19.2 Å². The number of fused-ring (bicyclic) bond motifs is 4. The Bertz CT molecular complexity index is 1930. The van der Waals surface area contributed by atoms with Gasteiger partial charge in [-0.05, 0) is 49.0 Å². The van der Waals surface area contributed by atoms with Crippen LogP contribution in [-0.4, -0.2) is 92.2 Å². The fourth-order valence-electron chi connectivity index (χ4n) is 6.86. The van der Waals surface area contributed by atoms with Crippen molar-refractivity contribution in [2.75, 3.05) is 45.8 Å². The summed E-state index contributed by atoms with van der Waals surface area (Å²) in [5.41, 5.74) is 3.49. The number of carbonyl (C=O) groups excluding carboxylic acids is 4. The number of anilines is 1. The molecule has 4 heterocycles. The molecule has 2 saturated heterocycles. The molecule has 4 aliphatic heterocycles. The Morgan fingerprint density at radius 1 is 0.941 bits per heavy atom. The number of methoxy groups -OCH3 is 2. The zero-order valence-electron chi connectivity index (χ0n) is 28.5. The summed E-state index contributed by atoms with van der Waals surface area (Å²) in [5.74, 6) is 0.832. The fraction of sp³-hybridized carbons (Fsp3) is 0.342. The first kappa shape index (κ1) is 33.6. The SMILES string of the molecule is COc1cc2c(cc1OCCCNC(=O)/C=C1\C[C@H]3C=Nc4cc(OCc5ccccc5)c(OC)cc4C(=O)N3C1)NC(=O)[C@@H]1CCCN1C2=O. The van der Waals surface area contributed by atoms with Crippen LogP contribution in [0.5, 0.6) is 23.0 Å². The summed E-state index contributed by atoms with van der Waals surface area (Å²) in [6.07, 6.45) is 5.69. The van der Waals surface area contributed by atoms with Crippen LogP contribution in [-0.2, 0) is 16.2 Å². The van der Waals surface area contributed by atoms with Gasteiger partial charge in [0, 0.05) is 44.1 Å². The maximum atomic E-state index is 13.6. The third kappa shape index (κ3) is 6.96. The molecule has 0 aliphatic carbocycles. The van der Waals surface area contributed by atoms with Crippen LogP contribution in [0.4, 0.5) is 11.4 Å². The van der Waals surface area contributed by atoms with Crippen LogP contribution in [0.1, 0.15) is 52.0 Å². The Kier molecular flexibility index (Phi) is 9.60. The number of amides is 4. The molecular formula is C38H39N5O8. The molecule has 2 N–H and O–H groups in total. The van der Waals surface area contributed by atoms with E-state index in [1.165, 1.54) is 14.2 Å². The van der Waals surface area contributed by atoms with Gasteiger partial charge in [-0.2, -0.15) is 0 Å². The molecule has 2 fully saturated rings. The molecule has 0 unspecified atom stereocenters. The van der Waals surface area contributed by atoms with E-state index in [0.717, 1.165) is 17.6 Å². The third-order valence-corrected chi connectivity index (χ3v) is 9.46. The Morgan fingerprint density at radius 2 is 1.69 bits per heavy atom. The number of carbonyl (C=O) groups is 4. The number of hydrogen-bond acceptors (Lipinski definition) is 9. The number of hydrogen-bond donors (Lipinski definition) is 2. The molecule has 13 nitrogen and oxygen atoms in total. The Balaban J connectivity index is 0.925. The van der Waals surface area contributed by atoms with Crippen LogP contribution < -0.4 is 29.6 Å². The number of nitrogens with zero attached hydrogens (tertiary/aromatic N) is 3. The highest BCUT2D eigenvalue weighted by atomic mass is 16.5. The zero-order valence-corrected chi connectivity index (χ0v) is 28.5. The highest BCUT2D eigenvalue weighted by Gasteiger charge is 2.39. The van der Waals surface area contributed by atoms with Crippen molar-refractivity contribution in [3.63, 3.8) is 0 Å². The van der Waals surface area contributed by atoms with Gasteiger partial charge < -0.3 is 39.4 Å². The van der Waals surface area contributed by atoms with E-state index in [-0.39, 0.29) is 36.3 Å². The maximum Gasteiger partial charge on any atom is 0.257 e.